The lowest BCUT2D eigenvalue weighted by atomic mass is 9.63. The first-order chi connectivity index (χ1) is 7.83. The second-order valence-electron chi connectivity index (χ2n) is 5.72. The first kappa shape index (κ1) is 11.0. The Kier molecular flexibility index (Phi) is 2.94. The Hall–Kier alpha value is -0.120. The van der Waals surface area contributed by atoms with E-state index in [0.29, 0.717) is 5.92 Å². The third-order valence-corrected chi connectivity index (χ3v) is 4.84. The Bertz CT molecular complexity index is 240. The van der Waals surface area contributed by atoms with Gasteiger partial charge in [0.15, 0.2) is 5.79 Å². The van der Waals surface area contributed by atoms with Crippen LogP contribution in [-0.4, -0.2) is 25.5 Å². The van der Waals surface area contributed by atoms with E-state index in [-0.39, 0.29) is 5.79 Å². The molecule has 3 fully saturated rings. The Morgan fingerprint density at radius 1 is 1.06 bits per heavy atom. The van der Waals surface area contributed by atoms with Crippen LogP contribution in [0, 0.1) is 17.8 Å². The van der Waals surface area contributed by atoms with Gasteiger partial charge in [-0.3, -0.25) is 0 Å². The standard InChI is InChI=1S/C13H23NO2/c14-9-11-8-13(15-5-6-16-13)7-10-3-1-2-4-12(10)11/h10-12H,1-9,14H2. The lowest BCUT2D eigenvalue weighted by Crippen LogP contribution is -2.48. The fraction of sp³-hybridized carbons (Fsp3) is 1.00. The normalized spacial score (nSPS) is 42.2. The van der Waals surface area contributed by atoms with Crippen molar-refractivity contribution in [2.45, 2.75) is 44.3 Å². The molecule has 0 bridgehead atoms. The maximum Gasteiger partial charge on any atom is 0.169 e. The molecule has 0 aromatic carbocycles. The highest BCUT2D eigenvalue weighted by Gasteiger charge is 2.49. The summed E-state index contributed by atoms with van der Waals surface area (Å²) >= 11 is 0. The summed E-state index contributed by atoms with van der Waals surface area (Å²) in [5.74, 6) is 2.02. The summed E-state index contributed by atoms with van der Waals surface area (Å²) in [4.78, 5) is 0. The molecule has 3 nitrogen and oxygen atoms in total. The molecule has 3 rings (SSSR count). The van der Waals surface area contributed by atoms with Crippen LogP contribution in [0.3, 0.4) is 0 Å². The highest BCUT2D eigenvalue weighted by Crippen LogP contribution is 2.49. The van der Waals surface area contributed by atoms with Gasteiger partial charge >= 0.3 is 0 Å². The van der Waals surface area contributed by atoms with Crippen LogP contribution in [0.4, 0.5) is 0 Å². The first-order valence-electron chi connectivity index (χ1n) is 6.81. The van der Waals surface area contributed by atoms with Crippen molar-refractivity contribution in [1.82, 2.24) is 0 Å². The molecule has 0 aromatic rings. The average Bonchev–Trinajstić information content (AvgIpc) is 2.76. The Balaban J connectivity index is 1.77. The van der Waals surface area contributed by atoms with Crippen LogP contribution in [0.1, 0.15) is 38.5 Å². The number of ether oxygens (including phenoxy) is 2. The van der Waals surface area contributed by atoms with Crippen LogP contribution in [0.2, 0.25) is 0 Å². The van der Waals surface area contributed by atoms with Crippen LogP contribution < -0.4 is 5.73 Å². The molecule has 3 aliphatic rings. The lowest BCUT2D eigenvalue weighted by Gasteiger charge is -2.47. The van der Waals surface area contributed by atoms with Crippen LogP contribution in [0.15, 0.2) is 0 Å². The van der Waals surface area contributed by atoms with Gasteiger partial charge in [0.2, 0.25) is 0 Å². The van der Waals surface area contributed by atoms with Crippen molar-refractivity contribution in [2.75, 3.05) is 19.8 Å². The third-order valence-electron chi connectivity index (χ3n) is 4.84. The summed E-state index contributed by atoms with van der Waals surface area (Å²) < 4.78 is 11.8. The number of nitrogens with two attached hydrogens (primary N) is 1. The van der Waals surface area contributed by atoms with Crippen molar-refractivity contribution >= 4 is 0 Å². The van der Waals surface area contributed by atoms with Gasteiger partial charge < -0.3 is 15.2 Å². The number of hydrogen-bond donors (Lipinski definition) is 1. The molecule has 3 heteroatoms. The molecule has 1 aliphatic heterocycles. The lowest BCUT2D eigenvalue weighted by molar-refractivity contribution is -0.211. The van der Waals surface area contributed by atoms with E-state index in [0.717, 1.165) is 44.4 Å². The molecule has 2 saturated carbocycles. The number of hydrogen-bond acceptors (Lipinski definition) is 3. The quantitative estimate of drug-likeness (QED) is 0.741. The van der Waals surface area contributed by atoms with Gasteiger partial charge in [0.05, 0.1) is 13.2 Å². The minimum absolute atomic E-state index is 0.247. The summed E-state index contributed by atoms with van der Waals surface area (Å²) in [5, 5.41) is 0. The molecule has 16 heavy (non-hydrogen) atoms. The van der Waals surface area contributed by atoms with Gasteiger partial charge in [-0.2, -0.15) is 0 Å². The van der Waals surface area contributed by atoms with Gasteiger partial charge in [-0.25, -0.2) is 0 Å². The molecule has 2 N–H and O–H groups in total. The molecule has 0 amide bonds. The van der Waals surface area contributed by atoms with Gasteiger partial charge in [-0.1, -0.05) is 12.8 Å². The summed E-state index contributed by atoms with van der Waals surface area (Å²) in [6.45, 7) is 2.35. The number of fused-ring (bicyclic) bond motifs is 1. The Morgan fingerprint density at radius 3 is 2.56 bits per heavy atom. The smallest absolute Gasteiger partial charge is 0.169 e. The maximum atomic E-state index is 5.95. The van der Waals surface area contributed by atoms with E-state index in [1.807, 2.05) is 0 Å². The molecule has 3 atom stereocenters. The fourth-order valence-electron chi connectivity index (χ4n) is 4.13. The zero-order chi connectivity index (χ0) is 11.0. The summed E-state index contributed by atoms with van der Waals surface area (Å²) in [5.41, 5.74) is 5.95. The summed E-state index contributed by atoms with van der Waals surface area (Å²) in [7, 11) is 0. The van der Waals surface area contributed by atoms with Gasteiger partial charge in [-0.15, -0.1) is 0 Å². The van der Waals surface area contributed by atoms with E-state index >= 15 is 0 Å². The van der Waals surface area contributed by atoms with Gasteiger partial charge in [0.25, 0.3) is 0 Å². The maximum absolute atomic E-state index is 5.95. The molecule has 1 spiro atoms. The molecular formula is C13H23NO2. The predicted octanol–water partition coefficient (Wildman–Crippen LogP) is 1.90. The zero-order valence-corrected chi connectivity index (χ0v) is 9.99. The van der Waals surface area contributed by atoms with E-state index in [1.54, 1.807) is 0 Å². The topological polar surface area (TPSA) is 44.5 Å². The van der Waals surface area contributed by atoms with Crippen molar-refractivity contribution in [3.63, 3.8) is 0 Å². The molecule has 1 saturated heterocycles. The minimum Gasteiger partial charge on any atom is -0.348 e. The van der Waals surface area contributed by atoms with Gasteiger partial charge in [0.1, 0.15) is 0 Å². The monoisotopic (exact) mass is 225 g/mol. The van der Waals surface area contributed by atoms with Crippen LogP contribution in [0.5, 0.6) is 0 Å². The average molecular weight is 225 g/mol. The van der Waals surface area contributed by atoms with E-state index in [1.165, 1.54) is 25.7 Å². The van der Waals surface area contributed by atoms with Crippen molar-refractivity contribution < 1.29 is 9.47 Å². The molecule has 2 aliphatic carbocycles. The third kappa shape index (κ3) is 1.79. The van der Waals surface area contributed by atoms with Crippen LogP contribution in [0.25, 0.3) is 0 Å². The van der Waals surface area contributed by atoms with Crippen molar-refractivity contribution in [3.8, 4) is 0 Å². The highest BCUT2D eigenvalue weighted by molar-refractivity contribution is 4.94. The summed E-state index contributed by atoms with van der Waals surface area (Å²) in [6.07, 6.45) is 7.66. The highest BCUT2D eigenvalue weighted by atomic mass is 16.7. The summed E-state index contributed by atoms with van der Waals surface area (Å²) in [6, 6.07) is 0. The molecule has 3 unspecified atom stereocenters. The van der Waals surface area contributed by atoms with E-state index in [9.17, 15) is 0 Å². The van der Waals surface area contributed by atoms with Crippen LogP contribution >= 0.6 is 0 Å². The largest absolute Gasteiger partial charge is 0.348 e. The minimum atomic E-state index is -0.247. The predicted molar refractivity (Wildman–Crippen MR) is 61.9 cm³/mol. The van der Waals surface area contributed by atoms with Crippen LogP contribution in [-0.2, 0) is 9.47 Å². The molecule has 1 heterocycles. The van der Waals surface area contributed by atoms with E-state index in [2.05, 4.69) is 0 Å². The molecule has 0 radical (unpaired) electrons. The van der Waals surface area contributed by atoms with Crippen molar-refractivity contribution in [2.24, 2.45) is 23.5 Å². The van der Waals surface area contributed by atoms with E-state index < -0.39 is 0 Å². The number of rotatable bonds is 1. The fourth-order valence-corrected chi connectivity index (χ4v) is 4.13. The zero-order valence-electron chi connectivity index (χ0n) is 9.99. The van der Waals surface area contributed by atoms with Gasteiger partial charge in [0, 0.05) is 12.8 Å². The molecule has 0 aromatic heterocycles. The van der Waals surface area contributed by atoms with Gasteiger partial charge in [-0.05, 0) is 37.1 Å². The van der Waals surface area contributed by atoms with Crippen molar-refractivity contribution in [3.05, 3.63) is 0 Å². The Morgan fingerprint density at radius 2 is 1.81 bits per heavy atom. The SMILES string of the molecule is NCC1CC2(CC3CCCCC13)OCCO2. The van der Waals surface area contributed by atoms with Crippen molar-refractivity contribution in [1.29, 1.82) is 0 Å². The molecule has 92 valence electrons. The first-order valence-corrected chi connectivity index (χ1v) is 6.81. The Labute approximate surface area is 97.7 Å². The second-order valence-corrected chi connectivity index (χ2v) is 5.72. The molecular weight excluding hydrogens is 202 g/mol. The van der Waals surface area contributed by atoms with E-state index in [4.69, 9.17) is 15.2 Å². The second kappa shape index (κ2) is 4.28.